The summed E-state index contributed by atoms with van der Waals surface area (Å²) in [5.74, 6) is 0. The van der Waals surface area contributed by atoms with Crippen molar-refractivity contribution >= 4 is 21.4 Å². The molecule has 0 amide bonds. The van der Waals surface area contributed by atoms with Crippen molar-refractivity contribution < 1.29 is 8.42 Å². The molecule has 0 aliphatic rings. The summed E-state index contributed by atoms with van der Waals surface area (Å²) in [5.41, 5.74) is 0. The van der Waals surface area contributed by atoms with Gasteiger partial charge >= 0.3 is 0 Å². The van der Waals surface area contributed by atoms with Crippen LogP contribution in [-0.4, -0.2) is 26.3 Å². The maximum absolute atomic E-state index is 12.2. The number of rotatable bonds is 5. The Bertz CT molecular complexity index is 471. The van der Waals surface area contributed by atoms with Crippen molar-refractivity contribution in [2.24, 2.45) is 0 Å². The maximum Gasteiger partial charge on any atom is 0.183 e. The van der Waals surface area contributed by atoms with Gasteiger partial charge in [0.15, 0.2) is 9.84 Å². The molecule has 3 nitrogen and oxygen atoms in total. The molecule has 1 rings (SSSR count). The Morgan fingerprint density at radius 1 is 1.24 bits per heavy atom. The first-order chi connectivity index (χ1) is 7.85. The smallest absolute Gasteiger partial charge is 0.183 e. The van der Waals surface area contributed by atoms with E-state index in [4.69, 9.17) is 11.6 Å². The summed E-state index contributed by atoms with van der Waals surface area (Å²) in [6.45, 7) is 6.07. The Labute approximate surface area is 108 Å². The van der Waals surface area contributed by atoms with Crippen LogP contribution >= 0.6 is 11.6 Å². The van der Waals surface area contributed by atoms with Gasteiger partial charge in [-0.2, -0.15) is 0 Å². The molecule has 0 saturated carbocycles. The minimum Gasteiger partial charge on any atom is -0.313 e. The van der Waals surface area contributed by atoms with E-state index in [1.54, 1.807) is 31.2 Å². The highest BCUT2D eigenvalue weighted by atomic mass is 35.5. The Morgan fingerprint density at radius 3 is 2.35 bits per heavy atom. The first kappa shape index (κ1) is 14.5. The van der Waals surface area contributed by atoms with Gasteiger partial charge in [-0.15, -0.1) is 0 Å². The molecule has 1 aromatic rings. The Balaban J connectivity index is 2.92. The molecule has 1 aromatic carbocycles. The van der Waals surface area contributed by atoms with E-state index in [1.165, 1.54) is 0 Å². The van der Waals surface area contributed by atoms with Crippen molar-refractivity contribution in [2.75, 3.05) is 6.54 Å². The lowest BCUT2D eigenvalue weighted by molar-refractivity contribution is 0.550. The summed E-state index contributed by atoms with van der Waals surface area (Å²) in [6, 6.07) is 6.80. The first-order valence-corrected chi connectivity index (χ1v) is 7.50. The molecule has 1 unspecified atom stereocenters. The molecule has 0 aromatic heterocycles. The van der Waals surface area contributed by atoms with E-state index in [-0.39, 0.29) is 16.0 Å². The molecule has 0 spiro atoms. The van der Waals surface area contributed by atoms with E-state index in [2.05, 4.69) is 5.32 Å². The lowest BCUT2D eigenvalue weighted by Crippen LogP contribution is -2.35. The number of sulfone groups is 1. The van der Waals surface area contributed by atoms with Crippen LogP contribution in [0.4, 0.5) is 0 Å². The quantitative estimate of drug-likeness (QED) is 0.898. The molecule has 0 saturated heterocycles. The summed E-state index contributed by atoms with van der Waals surface area (Å²) >= 11 is 5.92. The highest BCUT2D eigenvalue weighted by Crippen LogP contribution is 2.24. The molecule has 0 aliphatic carbocycles. The minimum absolute atomic E-state index is 0.208. The highest BCUT2D eigenvalue weighted by Gasteiger charge is 2.25. The molecule has 17 heavy (non-hydrogen) atoms. The Morgan fingerprint density at radius 2 is 1.82 bits per heavy atom. The normalized spacial score (nSPS) is 13.9. The first-order valence-electron chi connectivity index (χ1n) is 5.57. The van der Waals surface area contributed by atoms with E-state index in [1.807, 2.05) is 13.8 Å². The maximum atomic E-state index is 12.2. The molecule has 0 heterocycles. The third-order valence-electron chi connectivity index (χ3n) is 2.49. The molecular weight excluding hydrogens is 258 g/mol. The number of benzene rings is 1. The van der Waals surface area contributed by atoms with Crippen molar-refractivity contribution in [1.82, 2.24) is 5.32 Å². The van der Waals surface area contributed by atoms with E-state index in [0.717, 1.165) is 0 Å². The summed E-state index contributed by atoms with van der Waals surface area (Å²) < 4.78 is 24.5. The van der Waals surface area contributed by atoms with E-state index >= 15 is 0 Å². The fourth-order valence-corrected chi connectivity index (χ4v) is 3.22. The summed E-state index contributed by atoms with van der Waals surface area (Å²) in [6.07, 6.45) is 0. The number of hydrogen-bond acceptors (Lipinski definition) is 3. The molecule has 0 radical (unpaired) electrons. The van der Waals surface area contributed by atoms with Crippen LogP contribution in [0.3, 0.4) is 0 Å². The topological polar surface area (TPSA) is 46.2 Å². The molecule has 1 N–H and O–H groups in total. The molecule has 1 atom stereocenters. The van der Waals surface area contributed by atoms with Gasteiger partial charge in [0, 0.05) is 12.6 Å². The van der Waals surface area contributed by atoms with Crippen molar-refractivity contribution in [3.8, 4) is 0 Å². The number of hydrogen-bond donors (Lipinski definition) is 1. The number of halogens is 1. The second-order valence-corrected chi connectivity index (χ2v) is 7.09. The molecule has 0 bridgehead atoms. The highest BCUT2D eigenvalue weighted by molar-refractivity contribution is 7.92. The average molecular weight is 276 g/mol. The Hall–Kier alpha value is -0.580. The number of nitrogens with one attached hydrogen (secondary N) is 1. The van der Waals surface area contributed by atoms with Crippen molar-refractivity contribution in [1.29, 1.82) is 0 Å². The molecule has 0 aliphatic heterocycles. The summed E-state index contributed by atoms with van der Waals surface area (Å²) in [7, 11) is -3.36. The molecular formula is C12H18ClNO2S. The zero-order valence-electron chi connectivity index (χ0n) is 10.3. The zero-order chi connectivity index (χ0) is 13.1. The standard InChI is InChI=1S/C12H18ClNO2S/c1-9(2)14-8-10(3)17(15,16)12-7-5-4-6-11(12)13/h4-7,9-10,14H,8H2,1-3H3. The second-order valence-electron chi connectivity index (χ2n) is 4.35. The van der Waals surface area contributed by atoms with Gasteiger partial charge in [-0.3, -0.25) is 0 Å². The van der Waals surface area contributed by atoms with Gasteiger partial charge in [0.1, 0.15) is 0 Å². The molecule has 96 valence electrons. The average Bonchev–Trinajstić information content (AvgIpc) is 2.26. The fourth-order valence-electron chi connectivity index (χ4n) is 1.40. The third kappa shape index (κ3) is 3.69. The van der Waals surface area contributed by atoms with Crippen LogP contribution in [0.1, 0.15) is 20.8 Å². The van der Waals surface area contributed by atoms with Gasteiger partial charge in [-0.25, -0.2) is 8.42 Å². The lowest BCUT2D eigenvalue weighted by atomic mass is 10.3. The van der Waals surface area contributed by atoms with Crippen LogP contribution in [0.2, 0.25) is 5.02 Å². The fraction of sp³-hybridized carbons (Fsp3) is 0.500. The lowest BCUT2D eigenvalue weighted by Gasteiger charge is -2.16. The van der Waals surface area contributed by atoms with E-state index < -0.39 is 15.1 Å². The van der Waals surface area contributed by atoms with Gasteiger partial charge in [0.2, 0.25) is 0 Å². The van der Waals surface area contributed by atoms with Crippen LogP contribution < -0.4 is 5.32 Å². The van der Waals surface area contributed by atoms with E-state index in [9.17, 15) is 8.42 Å². The second kappa shape index (κ2) is 5.85. The predicted molar refractivity (Wildman–Crippen MR) is 71.2 cm³/mol. The Kier molecular flexibility index (Phi) is 4.98. The van der Waals surface area contributed by atoms with Gasteiger partial charge in [0.25, 0.3) is 0 Å². The van der Waals surface area contributed by atoms with Crippen LogP contribution in [0, 0.1) is 0 Å². The largest absolute Gasteiger partial charge is 0.313 e. The predicted octanol–water partition coefficient (Wildman–Crippen LogP) is 2.50. The third-order valence-corrected chi connectivity index (χ3v) is 5.12. The summed E-state index contributed by atoms with van der Waals surface area (Å²) in [4.78, 5) is 0.208. The van der Waals surface area contributed by atoms with Gasteiger partial charge in [-0.1, -0.05) is 37.6 Å². The minimum atomic E-state index is -3.36. The van der Waals surface area contributed by atoms with Crippen molar-refractivity contribution in [3.63, 3.8) is 0 Å². The zero-order valence-corrected chi connectivity index (χ0v) is 11.8. The van der Waals surface area contributed by atoms with Crippen LogP contribution in [-0.2, 0) is 9.84 Å². The molecule has 5 heteroatoms. The van der Waals surface area contributed by atoms with Gasteiger partial charge in [-0.05, 0) is 19.1 Å². The van der Waals surface area contributed by atoms with Crippen LogP contribution in [0.5, 0.6) is 0 Å². The van der Waals surface area contributed by atoms with Crippen molar-refractivity contribution in [2.45, 2.75) is 37.0 Å². The van der Waals surface area contributed by atoms with Crippen molar-refractivity contribution in [3.05, 3.63) is 29.3 Å². The van der Waals surface area contributed by atoms with Crippen LogP contribution in [0.25, 0.3) is 0 Å². The van der Waals surface area contributed by atoms with Gasteiger partial charge in [0.05, 0.1) is 15.2 Å². The van der Waals surface area contributed by atoms with E-state index in [0.29, 0.717) is 6.54 Å². The van der Waals surface area contributed by atoms with Gasteiger partial charge < -0.3 is 5.32 Å². The van der Waals surface area contributed by atoms with Crippen LogP contribution in [0.15, 0.2) is 29.2 Å². The molecule has 0 fully saturated rings. The summed E-state index contributed by atoms with van der Waals surface area (Å²) in [5, 5.41) is 2.90. The monoisotopic (exact) mass is 275 g/mol. The SMILES string of the molecule is CC(C)NCC(C)S(=O)(=O)c1ccccc1Cl.